The van der Waals surface area contributed by atoms with E-state index in [1.807, 2.05) is 18.7 Å². The van der Waals surface area contributed by atoms with Crippen molar-refractivity contribution in [1.82, 2.24) is 20.0 Å². The lowest BCUT2D eigenvalue weighted by Gasteiger charge is -2.36. The van der Waals surface area contributed by atoms with Crippen LogP contribution in [0.5, 0.6) is 5.75 Å². The van der Waals surface area contributed by atoms with Crippen LogP contribution in [-0.2, 0) is 11.2 Å². The summed E-state index contributed by atoms with van der Waals surface area (Å²) >= 11 is 5.84. The molecular formula is C18H23ClN4O3. The van der Waals surface area contributed by atoms with Crippen LogP contribution in [0.4, 0.5) is 0 Å². The van der Waals surface area contributed by atoms with Gasteiger partial charge in [-0.2, -0.15) is 0 Å². The van der Waals surface area contributed by atoms with E-state index in [-0.39, 0.29) is 18.6 Å². The number of ether oxygens (including phenoxy) is 1. The number of aryl methyl sites for hydroxylation is 1. The van der Waals surface area contributed by atoms with Gasteiger partial charge in [-0.15, -0.1) is 10.2 Å². The summed E-state index contributed by atoms with van der Waals surface area (Å²) in [6.45, 7) is 6.90. The fourth-order valence-corrected chi connectivity index (χ4v) is 2.99. The number of hydrogen-bond donors (Lipinski definition) is 0. The molecule has 0 spiro atoms. The molecule has 26 heavy (non-hydrogen) atoms. The smallest absolute Gasteiger partial charge is 0.260 e. The van der Waals surface area contributed by atoms with Crippen LogP contribution in [0.1, 0.15) is 31.7 Å². The zero-order chi connectivity index (χ0) is 18.5. The number of halogens is 1. The highest BCUT2D eigenvalue weighted by atomic mass is 35.5. The van der Waals surface area contributed by atoms with Crippen molar-refractivity contribution in [2.24, 2.45) is 0 Å². The lowest BCUT2D eigenvalue weighted by Crippen LogP contribution is -2.50. The monoisotopic (exact) mass is 378 g/mol. The molecule has 1 aromatic heterocycles. The topological polar surface area (TPSA) is 71.7 Å². The first-order valence-electron chi connectivity index (χ1n) is 8.79. The van der Waals surface area contributed by atoms with Crippen molar-refractivity contribution in [1.29, 1.82) is 0 Å². The number of benzene rings is 1. The van der Waals surface area contributed by atoms with Crippen molar-refractivity contribution in [3.63, 3.8) is 0 Å². The summed E-state index contributed by atoms with van der Waals surface area (Å²) < 4.78 is 11.2. The second-order valence-corrected chi connectivity index (χ2v) is 6.66. The van der Waals surface area contributed by atoms with Crippen LogP contribution in [0.25, 0.3) is 0 Å². The average Bonchev–Trinajstić information content (AvgIpc) is 3.16. The number of amides is 1. The van der Waals surface area contributed by atoms with E-state index in [0.717, 1.165) is 19.5 Å². The molecule has 1 aromatic carbocycles. The number of carbonyl (C=O) groups excluding carboxylic acids is 1. The maximum absolute atomic E-state index is 12.3. The van der Waals surface area contributed by atoms with E-state index >= 15 is 0 Å². The molecule has 1 amide bonds. The summed E-state index contributed by atoms with van der Waals surface area (Å²) in [4.78, 5) is 16.4. The maximum atomic E-state index is 12.3. The lowest BCUT2D eigenvalue weighted by atomic mass is 10.2. The number of aromatic nitrogens is 2. The minimum absolute atomic E-state index is 0.0155. The molecule has 0 unspecified atom stereocenters. The van der Waals surface area contributed by atoms with E-state index < -0.39 is 0 Å². The van der Waals surface area contributed by atoms with Crippen molar-refractivity contribution < 1.29 is 13.9 Å². The first-order chi connectivity index (χ1) is 12.6. The minimum Gasteiger partial charge on any atom is -0.484 e. The number of carbonyl (C=O) groups is 1. The van der Waals surface area contributed by atoms with Gasteiger partial charge in [-0.05, 0) is 31.2 Å². The van der Waals surface area contributed by atoms with Gasteiger partial charge in [-0.1, -0.05) is 18.5 Å². The quantitative estimate of drug-likeness (QED) is 0.769. The standard InChI is InChI=1S/C18H23ClN4O3/c1-3-16-20-21-18(26-16)13(2)22-8-10-23(11-9-22)17(24)12-25-15-6-4-14(19)5-7-15/h4-7,13H,3,8-12H2,1-2H3/t13-/m1/s1. The second kappa shape index (κ2) is 8.51. The van der Waals surface area contributed by atoms with Crippen molar-refractivity contribution in [3.8, 4) is 5.75 Å². The highest BCUT2D eigenvalue weighted by Gasteiger charge is 2.27. The molecule has 2 aromatic rings. The molecular weight excluding hydrogens is 356 g/mol. The van der Waals surface area contributed by atoms with Crippen LogP contribution >= 0.6 is 11.6 Å². The molecule has 1 aliphatic rings. The zero-order valence-corrected chi connectivity index (χ0v) is 15.8. The molecule has 140 valence electrons. The first kappa shape index (κ1) is 18.7. The van der Waals surface area contributed by atoms with Gasteiger partial charge >= 0.3 is 0 Å². The molecule has 1 saturated heterocycles. The van der Waals surface area contributed by atoms with Gasteiger partial charge in [0, 0.05) is 37.6 Å². The second-order valence-electron chi connectivity index (χ2n) is 6.22. The van der Waals surface area contributed by atoms with E-state index in [9.17, 15) is 4.79 Å². The Bertz CT molecular complexity index is 726. The Morgan fingerprint density at radius 3 is 2.54 bits per heavy atom. The van der Waals surface area contributed by atoms with E-state index in [0.29, 0.717) is 35.6 Å². The number of piperazine rings is 1. The van der Waals surface area contributed by atoms with Gasteiger partial charge in [-0.3, -0.25) is 9.69 Å². The summed E-state index contributed by atoms with van der Waals surface area (Å²) in [5, 5.41) is 8.78. The van der Waals surface area contributed by atoms with E-state index in [2.05, 4.69) is 15.1 Å². The molecule has 1 atom stereocenters. The number of nitrogens with zero attached hydrogens (tertiary/aromatic N) is 4. The van der Waals surface area contributed by atoms with Crippen LogP contribution in [-0.4, -0.2) is 58.7 Å². The Morgan fingerprint density at radius 1 is 1.23 bits per heavy atom. The van der Waals surface area contributed by atoms with Gasteiger partial charge in [0.25, 0.3) is 5.91 Å². The van der Waals surface area contributed by atoms with Gasteiger partial charge < -0.3 is 14.1 Å². The van der Waals surface area contributed by atoms with Gasteiger partial charge in [0.15, 0.2) is 6.61 Å². The van der Waals surface area contributed by atoms with Gasteiger partial charge in [-0.25, -0.2) is 0 Å². The highest BCUT2D eigenvalue weighted by Crippen LogP contribution is 2.21. The fraction of sp³-hybridized carbons (Fsp3) is 0.500. The Labute approximate surface area is 157 Å². The van der Waals surface area contributed by atoms with Crippen LogP contribution < -0.4 is 4.74 Å². The highest BCUT2D eigenvalue weighted by molar-refractivity contribution is 6.30. The molecule has 1 fully saturated rings. The molecule has 0 bridgehead atoms. The Hall–Kier alpha value is -2.12. The minimum atomic E-state index is -0.0155. The van der Waals surface area contributed by atoms with Crippen LogP contribution in [0.15, 0.2) is 28.7 Å². The summed E-state index contributed by atoms with van der Waals surface area (Å²) in [5.74, 6) is 1.91. The fourth-order valence-electron chi connectivity index (χ4n) is 2.86. The number of rotatable bonds is 6. The number of hydrogen-bond acceptors (Lipinski definition) is 6. The predicted octanol–water partition coefficient (Wildman–Crippen LogP) is 2.57. The third-order valence-corrected chi connectivity index (χ3v) is 4.78. The van der Waals surface area contributed by atoms with E-state index in [1.165, 1.54) is 0 Å². The largest absolute Gasteiger partial charge is 0.484 e. The van der Waals surface area contributed by atoms with Crippen LogP contribution in [0, 0.1) is 0 Å². The molecule has 0 radical (unpaired) electrons. The van der Waals surface area contributed by atoms with Crippen molar-refractivity contribution in [3.05, 3.63) is 41.1 Å². The molecule has 2 heterocycles. The SMILES string of the molecule is CCc1nnc([C@@H](C)N2CCN(C(=O)COc3ccc(Cl)cc3)CC2)o1. The average molecular weight is 379 g/mol. The van der Waals surface area contributed by atoms with Crippen molar-refractivity contribution in [2.45, 2.75) is 26.3 Å². The summed E-state index contributed by atoms with van der Waals surface area (Å²) in [7, 11) is 0. The third kappa shape index (κ3) is 4.53. The molecule has 0 N–H and O–H groups in total. The molecule has 7 nitrogen and oxygen atoms in total. The summed E-state index contributed by atoms with van der Waals surface area (Å²) in [5.41, 5.74) is 0. The van der Waals surface area contributed by atoms with E-state index in [4.69, 9.17) is 20.8 Å². The van der Waals surface area contributed by atoms with E-state index in [1.54, 1.807) is 24.3 Å². The predicted molar refractivity (Wildman–Crippen MR) is 97.2 cm³/mol. The Balaban J connectivity index is 1.46. The van der Waals surface area contributed by atoms with Crippen LogP contribution in [0.2, 0.25) is 5.02 Å². The summed E-state index contributed by atoms with van der Waals surface area (Å²) in [6, 6.07) is 7.03. The molecule has 0 saturated carbocycles. The lowest BCUT2D eigenvalue weighted by molar-refractivity contribution is -0.135. The molecule has 3 rings (SSSR count). The van der Waals surface area contributed by atoms with Crippen LogP contribution in [0.3, 0.4) is 0 Å². The maximum Gasteiger partial charge on any atom is 0.260 e. The van der Waals surface area contributed by atoms with Gasteiger partial charge in [0.1, 0.15) is 5.75 Å². The summed E-state index contributed by atoms with van der Waals surface area (Å²) in [6.07, 6.45) is 0.732. The first-order valence-corrected chi connectivity index (χ1v) is 9.17. The van der Waals surface area contributed by atoms with Crippen molar-refractivity contribution >= 4 is 17.5 Å². The Morgan fingerprint density at radius 2 is 1.92 bits per heavy atom. The molecule has 1 aliphatic heterocycles. The molecule has 8 heteroatoms. The van der Waals surface area contributed by atoms with Gasteiger partial charge in [0.2, 0.25) is 11.8 Å². The Kier molecular flexibility index (Phi) is 6.11. The zero-order valence-electron chi connectivity index (χ0n) is 15.0. The third-order valence-electron chi connectivity index (χ3n) is 4.53. The molecule has 0 aliphatic carbocycles. The van der Waals surface area contributed by atoms with Crippen molar-refractivity contribution in [2.75, 3.05) is 32.8 Å². The normalized spacial score (nSPS) is 16.5. The van der Waals surface area contributed by atoms with Gasteiger partial charge in [0.05, 0.1) is 6.04 Å².